The number of piperazine rings is 1. The van der Waals surface area contributed by atoms with Crippen LogP contribution in [-0.4, -0.2) is 72.0 Å². The lowest BCUT2D eigenvalue weighted by atomic mass is 9.84. The summed E-state index contributed by atoms with van der Waals surface area (Å²) in [4.78, 5) is 39.6. The summed E-state index contributed by atoms with van der Waals surface area (Å²) in [6.45, 7) is 3.94. The minimum atomic E-state index is 0.0341. The van der Waals surface area contributed by atoms with Crippen molar-refractivity contribution in [1.82, 2.24) is 19.8 Å². The lowest BCUT2D eigenvalue weighted by molar-refractivity contribution is 0.0827. The number of nitrogens with one attached hydrogen (secondary N) is 1. The van der Waals surface area contributed by atoms with E-state index in [0.29, 0.717) is 11.5 Å². The highest BCUT2D eigenvalue weighted by atomic mass is 16.2. The minimum absolute atomic E-state index is 0.0341. The van der Waals surface area contributed by atoms with Gasteiger partial charge in [-0.15, -0.1) is 0 Å². The van der Waals surface area contributed by atoms with E-state index in [9.17, 15) is 9.59 Å². The second kappa shape index (κ2) is 8.63. The van der Waals surface area contributed by atoms with Crippen molar-refractivity contribution in [2.24, 2.45) is 5.41 Å². The van der Waals surface area contributed by atoms with Gasteiger partial charge in [0.1, 0.15) is 5.82 Å². The third-order valence-electron chi connectivity index (χ3n) is 8.58. The molecule has 1 amide bonds. The molecule has 1 aliphatic heterocycles. The van der Waals surface area contributed by atoms with E-state index in [4.69, 9.17) is 4.98 Å². The van der Waals surface area contributed by atoms with Crippen LogP contribution in [0.1, 0.15) is 59.5 Å². The molecule has 3 aliphatic carbocycles. The van der Waals surface area contributed by atoms with Crippen LogP contribution >= 0.6 is 0 Å². The highest BCUT2D eigenvalue weighted by molar-refractivity contribution is 5.94. The second-order valence-corrected chi connectivity index (χ2v) is 11.1. The first-order chi connectivity index (χ1) is 16.9. The molecule has 2 fully saturated rings. The van der Waals surface area contributed by atoms with Crippen molar-refractivity contribution in [3.05, 3.63) is 63.3 Å². The first-order valence-corrected chi connectivity index (χ1v) is 13.0. The Hall–Kier alpha value is -2.93. The van der Waals surface area contributed by atoms with Gasteiger partial charge in [-0.05, 0) is 80.2 Å². The van der Waals surface area contributed by atoms with E-state index >= 15 is 0 Å². The number of H-pyrrole nitrogens is 1. The average Bonchev–Trinajstić information content (AvgIpc) is 3.43. The lowest BCUT2D eigenvalue weighted by Gasteiger charge is -2.38. The summed E-state index contributed by atoms with van der Waals surface area (Å²) < 4.78 is 0. The van der Waals surface area contributed by atoms with Crippen molar-refractivity contribution in [3.63, 3.8) is 0 Å². The van der Waals surface area contributed by atoms with Gasteiger partial charge in [-0.3, -0.25) is 14.5 Å². The largest absolute Gasteiger partial charge is 0.369 e. The topological polar surface area (TPSA) is 72.5 Å². The molecule has 7 nitrogen and oxygen atoms in total. The van der Waals surface area contributed by atoms with E-state index in [-0.39, 0.29) is 11.5 Å². The number of amides is 1. The first-order valence-electron chi connectivity index (χ1n) is 13.0. The van der Waals surface area contributed by atoms with Crippen LogP contribution in [0.3, 0.4) is 0 Å². The van der Waals surface area contributed by atoms with E-state index in [1.165, 1.54) is 30.5 Å². The summed E-state index contributed by atoms with van der Waals surface area (Å²) >= 11 is 0. The molecule has 2 heterocycles. The van der Waals surface area contributed by atoms with Crippen LogP contribution in [0.4, 0.5) is 5.69 Å². The summed E-state index contributed by atoms with van der Waals surface area (Å²) in [5.41, 5.74) is 5.60. The molecule has 1 N–H and O–H groups in total. The summed E-state index contributed by atoms with van der Waals surface area (Å²) in [7, 11) is 3.56. The molecular formula is C28H35N5O2. The zero-order valence-corrected chi connectivity index (χ0v) is 20.8. The van der Waals surface area contributed by atoms with Gasteiger partial charge in [0.05, 0.1) is 5.69 Å². The minimum Gasteiger partial charge on any atom is -0.369 e. The van der Waals surface area contributed by atoms with Gasteiger partial charge >= 0.3 is 0 Å². The lowest BCUT2D eigenvalue weighted by Crippen LogP contribution is -2.49. The standard InChI is InChI=1S/C28H35N5O2/c1-31(2)27(35)19-3-6-21(7-4-19)32-13-15-33(16-14-32)22-8-5-20(17-22)25-29-24-9-10-28(11-12-28)18-23(24)26(34)30-25/h3-4,6-7,17,22H,5,8-16,18H2,1-2H3,(H,29,30,34)/t22-/m1/s1. The maximum absolute atomic E-state index is 12.8. The first kappa shape index (κ1) is 22.5. The van der Waals surface area contributed by atoms with Crippen molar-refractivity contribution in [2.45, 2.75) is 51.0 Å². The van der Waals surface area contributed by atoms with Gasteiger partial charge in [0, 0.05) is 63.1 Å². The number of aromatic nitrogens is 2. The zero-order valence-electron chi connectivity index (χ0n) is 20.8. The quantitative estimate of drug-likeness (QED) is 0.739. The fourth-order valence-electron chi connectivity index (χ4n) is 6.11. The molecule has 1 aromatic heterocycles. The van der Waals surface area contributed by atoms with Gasteiger partial charge in [0.15, 0.2) is 0 Å². The van der Waals surface area contributed by atoms with Crippen LogP contribution in [0.15, 0.2) is 35.1 Å². The van der Waals surface area contributed by atoms with Gasteiger partial charge in [0.2, 0.25) is 0 Å². The van der Waals surface area contributed by atoms with E-state index in [2.05, 4.69) is 33.0 Å². The molecule has 7 heteroatoms. The van der Waals surface area contributed by atoms with Crippen molar-refractivity contribution < 1.29 is 4.79 Å². The fraction of sp³-hybridized carbons (Fsp3) is 0.536. The summed E-state index contributed by atoms with van der Waals surface area (Å²) in [6.07, 6.45) is 10.0. The normalized spacial score (nSPS) is 23.2. The maximum atomic E-state index is 12.8. The predicted octanol–water partition coefficient (Wildman–Crippen LogP) is 3.11. The molecule has 2 aromatic rings. The number of carbonyl (C=O) groups is 1. The Labute approximate surface area is 206 Å². The maximum Gasteiger partial charge on any atom is 0.254 e. The van der Waals surface area contributed by atoms with Crippen LogP contribution in [0.2, 0.25) is 0 Å². The van der Waals surface area contributed by atoms with Gasteiger partial charge < -0.3 is 14.8 Å². The van der Waals surface area contributed by atoms with Crippen molar-refractivity contribution >= 4 is 17.2 Å². The molecule has 1 saturated heterocycles. The Bertz CT molecular complexity index is 1220. The van der Waals surface area contributed by atoms with Crippen molar-refractivity contribution in [2.75, 3.05) is 45.2 Å². The molecule has 1 saturated carbocycles. The molecule has 6 rings (SSSR count). The number of carbonyl (C=O) groups excluding carboxylic acids is 1. The highest BCUT2D eigenvalue weighted by Gasteiger charge is 2.45. The zero-order chi connectivity index (χ0) is 24.2. The van der Waals surface area contributed by atoms with Crippen molar-refractivity contribution in [3.8, 4) is 0 Å². The molecule has 0 unspecified atom stereocenters. The van der Waals surface area contributed by atoms with Crippen LogP contribution in [0.25, 0.3) is 5.57 Å². The number of fused-ring (bicyclic) bond motifs is 1. The van der Waals surface area contributed by atoms with E-state index < -0.39 is 0 Å². The van der Waals surface area contributed by atoms with Crippen molar-refractivity contribution in [1.29, 1.82) is 0 Å². The Kier molecular flexibility index (Phi) is 5.55. The van der Waals surface area contributed by atoms with Gasteiger partial charge in [0.25, 0.3) is 11.5 Å². The SMILES string of the molecule is CN(C)C(=O)c1ccc(N2CCN([C@H]3C=C(c4nc5c(c(=O)[nH]4)CC4(CC5)CC4)CC3)CC2)cc1. The van der Waals surface area contributed by atoms with E-state index in [1.807, 2.05) is 12.1 Å². The Morgan fingerprint density at radius 3 is 2.49 bits per heavy atom. The molecule has 1 aromatic carbocycles. The van der Waals surface area contributed by atoms with Crippen LogP contribution in [0, 0.1) is 5.41 Å². The van der Waals surface area contributed by atoms with Gasteiger partial charge in [-0.1, -0.05) is 6.08 Å². The number of aromatic amines is 1. The third kappa shape index (κ3) is 4.31. The molecule has 1 spiro atoms. The second-order valence-electron chi connectivity index (χ2n) is 11.1. The Balaban J connectivity index is 1.09. The molecule has 4 aliphatic rings. The van der Waals surface area contributed by atoms with Crippen LogP contribution in [0.5, 0.6) is 0 Å². The van der Waals surface area contributed by atoms with Gasteiger partial charge in [-0.25, -0.2) is 4.98 Å². The van der Waals surface area contributed by atoms with E-state index in [0.717, 1.165) is 74.5 Å². The predicted molar refractivity (Wildman–Crippen MR) is 138 cm³/mol. The average molecular weight is 474 g/mol. The molecular weight excluding hydrogens is 438 g/mol. The number of hydrogen-bond acceptors (Lipinski definition) is 5. The Morgan fingerprint density at radius 1 is 1.06 bits per heavy atom. The third-order valence-corrected chi connectivity index (χ3v) is 8.58. The molecule has 0 bridgehead atoms. The fourth-order valence-corrected chi connectivity index (χ4v) is 6.11. The molecule has 35 heavy (non-hydrogen) atoms. The van der Waals surface area contributed by atoms with Gasteiger partial charge in [-0.2, -0.15) is 0 Å². The smallest absolute Gasteiger partial charge is 0.254 e. The number of benzene rings is 1. The number of aryl methyl sites for hydroxylation is 1. The number of allylic oxidation sites excluding steroid dienone is 1. The summed E-state index contributed by atoms with van der Waals surface area (Å²) in [5.74, 6) is 0.834. The van der Waals surface area contributed by atoms with E-state index in [1.54, 1.807) is 19.0 Å². The number of anilines is 1. The molecule has 0 radical (unpaired) electrons. The van der Waals surface area contributed by atoms with Crippen LogP contribution in [-0.2, 0) is 12.8 Å². The Morgan fingerprint density at radius 2 is 1.80 bits per heavy atom. The highest BCUT2D eigenvalue weighted by Crippen LogP contribution is 2.53. The summed E-state index contributed by atoms with van der Waals surface area (Å²) in [6, 6.07) is 8.37. The van der Waals surface area contributed by atoms with Crippen LogP contribution < -0.4 is 10.5 Å². The number of rotatable bonds is 4. The number of hydrogen-bond donors (Lipinski definition) is 1. The number of nitrogens with zero attached hydrogens (tertiary/aromatic N) is 4. The molecule has 184 valence electrons. The monoisotopic (exact) mass is 473 g/mol. The summed E-state index contributed by atoms with van der Waals surface area (Å²) in [5, 5.41) is 0. The molecule has 1 atom stereocenters.